The highest BCUT2D eigenvalue weighted by molar-refractivity contribution is 6.32. The summed E-state index contributed by atoms with van der Waals surface area (Å²) < 4.78 is 1.95. The van der Waals surface area contributed by atoms with Crippen molar-refractivity contribution in [3.05, 3.63) is 23.1 Å². The topological polar surface area (TPSA) is 81.7 Å². The summed E-state index contributed by atoms with van der Waals surface area (Å²) in [5, 5.41) is 8.46. The standard InChI is InChI=1S/C18H25ClN6.2ClH/c1-25-16(8-11-2-3-11)14(9-22-25)17-15(19)10-21-18(24-17)23-13-6-4-12(20)5-7-13;;/h9-13H,2-8,20H2,1H3,(H,21,23,24);2*1H. The Morgan fingerprint density at radius 1 is 1.15 bits per heavy atom. The van der Waals surface area contributed by atoms with Gasteiger partial charge in [-0.05, 0) is 50.9 Å². The van der Waals surface area contributed by atoms with E-state index in [1.807, 2.05) is 17.9 Å². The molecule has 9 heteroatoms. The monoisotopic (exact) mass is 432 g/mol. The lowest BCUT2D eigenvalue weighted by Gasteiger charge is -2.26. The molecular weight excluding hydrogens is 407 g/mol. The first-order valence-electron chi connectivity index (χ1n) is 9.16. The summed E-state index contributed by atoms with van der Waals surface area (Å²) in [6.07, 6.45) is 11.4. The van der Waals surface area contributed by atoms with Gasteiger partial charge in [0.25, 0.3) is 0 Å². The summed E-state index contributed by atoms with van der Waals surface area (Å²) in [6.45, 7) is 0. The van der Waals surface area contributed by atoms with Crippen molar-refractivity contribution < 1.29 is 0 Å². The molecule has 150 valence electrons. The molecule has 2 aliphatic carbocycles. The van der Waals surface area contributed by atoms with E-state index < -0.39 is 0 Å². The summed E-state index contributed by atoms with van der Waals surface area (Å²) in [4.78, 5) is 9.09. The number of halogens is 3. The maximum atomic E-state index is 6.42. The Balaban J connectivity index is 0.00000131. The van der Waals surface area contributed by atoms with Gasteiger partial charge in [-0.3, -0.25) is 4.68 Å². The van der Waals surface area contributed by atoms with Crippen molar-refractivity contribution >= 4 is 42.4 Å². The van der Waals surface area contributed by atoms with Gasteiger partial charge in [-0.25, -0.2) is 9.97 Å². The number of aryl methyl sites for hydroxylation is 1. The number of hydrogen-bond donors (Lipinski definition) is 2. The fourth-order valence-corrected chi connectivity index (χ4v) is 3.76. The second-order valence-electron chi connectivity index (χ2n) is 7.42. The maximum absolute atomic E-state index is 6.42. The third kappa shape index (κ3) is 5.25. The molecule has 27 heavy (non-hydrogen) atoms. The molecule has 0 bridgehead atoms. The zero-order valence-electron chi connectivity index (χ0n) is 15.4. The zero-order valence-corrected chi connectivity index (χ0v) is 17.8. The number of hydrogen-bond acceptors (Lipinski definition) is 5. The van der Waals surface area contributed by atoms with E-state index in [0.717, 1.165) is 49.3 Å². The Bertz CT molecular complexity index is 754. The predicted molar refractivity (Wildman–Crippen MR) is 114 cm³/mol. The van der Waals surface area contributed by atoms with Gasteiger partial charge in [-0.15, -0.1) is 24.8 Å². The minimum absolute atomic E-state index is 0. The van der Waals surface area contributed by atoms with Crippen LogP contribution in [0.1, 0.15) is 44.2 Å². The van der Waals surface area contributed by atoms with Crippen LogP contribution in [0.15, 0.2) is 12.4 Å². The van der Waals surface area contributed by atoms with E-state index in [2.05, 4.69) is 15.4 Å². The van der Waals surface area contributed by atoms with Crippen LogP contribution < -0.4 is 11.1 Å². The fourth-order valence-electron chi connectivity index (χ4n) is 3.57. The lowest BCUT2D eigenvalue weighted by molar-refractivity contribution is 0.410. The molecule has 2 fully saturated rings. The van der Waals surface area contributed by atoms with E-state index in [1.165, 1.54) is 18.5 Å². The Labute approximate surface area is 177 Å². The van der Waals surface area contributed by atoms with Crippen LogP contribution in [0.2, 0.25) is 5.02 Å². The molecule has 4 rings (SSSR count). The summed E-state index contributed by atoms with van der Waals surface area (Å²) >= 11 is 6.42. The average molecular weight is 434 g/mol. The van der Waals surface area contributed by atoms with E-state index in [9.17, 15) is 0 Å². The second kappa shape index (κ2) is 9.41. The molecule has 0 spiro atoms. The Kier molecular flexibility index (Phi) is 7.74. The molecule has 0 radical (unpaired) electrons. The van der Waals surface area contributed by atoms with Crippen LogP contribution in [-0.2, 0) is 13.5 Å². The molecule has 2 aromatic heterocycles. The molecule has 2 aliphatic rings. The SMILES string of the molecule is Cl.Cl.Cn1ncc(-c2nc(NC3CCC(N)CC3)ncc2Cl)c1CC1CC1. The Morgan fingerprint density at radius 3 is 2.52 bits per heavy atom. The van der Waals surface area contributed by atoms with Crippen LogP contribution in [0.25, 0.3) is 11.3 Å². The van der Waals surface area contributed by atoms with Gasteiger partial charge in [-0.2, -0.15) is 5.10 Å². The van der Waals surface area contributed by atoms with Crippen LogP contribution in [0.3, 0.4) is 0 Å². The van der Waals surface area contributed by atoms with Gasteiger partial charge < -0.3 is 11.1 Å². The molecule has 3 N–H and O–H groups in total. The molecule has 0 atom stereocenters. The highest BCUT2D eigenvalue weighted by atomic mass is 35.5. The van der Waals surface area contributed by atoms with Crippen molar-refractivity contribution in [1.29, 1.82) is 0 Å². The summed E-state index contributed by atoms with van der Waals surface area (Å²) in [6, 6.07) is 0.716. The van der Waals surface area contributed by atoms with Crippen molar-refractivity contribution in [3.63, 3.8) is 0 Å². The molecule has 2 saturated carbocycles. The number of anilines is 1. The average Bonchev–Trinajstić information content (AvgIpc) is 3.35. The zero-order chi connectivity index (χ0) is 17.4. The molecule has 0 unspecified atom stereocenters. The number of rotatable bonds is 5. The van der Waals surface area contributed by atoms with E-state index in [1.54, 1.807) is 6.20 Å². The first-order chi connectivity index (χ1) is 12.1. The van der Waals surface area contributed by atoms with Crippen molar-refractivity contribution in [2.75, 3.05) is 5.32 Å². The summed E-state index contributed by atoms with van der Waals surface area (Å²) in [5.41, 5.74) is 8.99. The molecule has 0 saturated heterocycles. The summed E-state index contributed by atoms with van der Waals surface area (Å²) in [5.74, 6) is 1.42. The minimum atomic E-state index is 0. The van der Waals surface area contributed by atoms with Gasteiger partial charge in [0.1, 0.15) is 0 Å². The first-order valence-corrected chi connectivity index (χ1v) is 9.54. The van der Waals surface area contributed by atoms with E-state index in [0.29, 0.717) is 23.1 Å². The quantitative estimate of drug-likeness (QED) is 0.744. The fraction of sp³-hybridized carbons (Fsp3) is 0.611. The number of nitrogens with zero attached hydrogens (tertiary/aromatic N) is 4. The second-order valence-corrected chi connectivity index (χ2v) is 7.83. The molecule has 2 heterocycles. The molecule has 2 aromatic rings. The van der Waals surface area contributed by atoms with Gasteiger partial charge in [0.05, 0.1) is 23.1 Å². The third-order valence-corrected chi connectivity index (χ3v) is 5.62. The van der Waals surface area contributed by atoms with Crippen LogP contribution in [0.4, 0.5) is 5.95 Å². The number of nitrogens with one attached hydrogen (secondary N) is 1. The number of nitrogens with two attached hydrogens (primary N) is 1. The van der Waals surface area contributed by atoms with Gasteiger partial charge in [-0.1, -0.05) is 11.6 Å². The largest absolute Gasteiger partial charge is 0.351 e. The molecule has 0 aliphatic heterocycles. The normalized spacial score (nSPS) is 21.9. The van der Waals surface area contributed by atoms with Crippen LogP contribution in [0.5, 0.6) is 0 Å². The minimum Gasteiger partial charge on any atom is -0.351 e. The lowest BCUT2D eigenvalue weighted by atomic mass is 9.92. The van der Waals surface area contributed by atoms with Crippen molar-refractivity contribution in [2.24, 2.45) is 18.7 Å². The van der Waals surface area contributed by atoms with Crippen molar-refractivity contribution in [3.8, 4) is 11.3 Å². The van der Waals surface area contributed by atoms with Crippen molar-refractivity contribution in [1.82, 2.24) is 19.7 Å². The van der Waals surface area contributed by atoms with Crippen LogP contribution in [0, 0.1) is 5.92 Å². The Morgan fingerprint density at radius 2 is 1.85 bits per heavy atom. The molecule has 0 amide bonds. The molecular formula is C18H27Cl3N6. The highest BCUT2D eigenvalue weighted by Crippen LogP contribution is 2.37. The lowest BCUT2D eigenvalue weighted by Crippen LogP contribution is -2.33. The van der Waals surface area contributed by atoms with Crippen molar-refractivity contribution in [2.45, 2.75) is 57.0 Å². The van der Waals surface area contributed by atoms with Gasteiger partial charge in [0.2, 0.25) is 5.95 Å². The smallest absolute Gasteiger partial charge is 0.223 e. The predicted octanol–water partition coefficient (Wildman–Crippen LogP) is 4.01. The molecule has 0 aromatic carbocycles. The van der Waals surface area contributed by atoms with E-state index in [4.69, 9.17) is 22.3 Å². The summed E-state index contributed by atoms with van der Waals surface area (Å²) in [7, 11) is 1.99. The maximum Gasteiger partial charge on any atom is 0.223 e. The van der Waals surface area contributed by atoms with Gasteiger partial charge in [0, 0.05) is 30.4 Å². The van der Waals surface area contributed by atoms with E-state index in [-0.39, 0.29) is 24.8 Å². The van der Waals surface area contributed by atoms with Crippen LogP contribution >= 0.6 is 36.4 Å². The number of aromatic nitrogens is 4. The first kappa shape index (κ1) is 22.2. The van der Waals surface area contributed by atoms with E-state index >= 15 is 0 Å². The molecule has 6 nitrogen and oxygen atoms in total. The third-order valence-electron chi connectivity index (χ3n) is 5.34. The Hall–Kier alpha value is -1.08. The van der Waals surface area contributed by atoms with Gasteiger partial charge >= 0.3 is 0 Å². The highest BCUT2D eigenvalue weighted by Gasteiger charge is 2.26. The van der Waals surface area contributed by atoms with Crippen LogP contribution in [-0.4, -0.2) is 31.8 Å². The van der Waals surface area contributed by atoms with Gasteiger partial charge in [0.15, 0.2) is 0 Å².